The van der Waals surface area contributed by atoms with Crippen LogP contribution in [0.15, 0.2) is 24.3 Å². The maximum Gasteiger partial charge on any atom is 0.411 e. The fraction of sp³-hybridized carbons (Fsp3) is 0.619. The van der Waals surface area contributed by atoms with Crippen molar-refractivity contribution in [3.05, 3.63) is 30.1 Å². The number of benzene rings is 1. The number of fused-ring (bicyclic) bond motifs is 2. The minimum Gasteiger partial charge on any atom is -0.444 e. The van der Waals surface area contributed by atoms with Gasteiger partial charge in [0.25, 0.3) is 0 Å². The summed E-state index contributed by atoms with van der Waals surface area (Å²) in [7, 11) is 0. The fourth-order valence-corrected chi connectivity index (χ4v) is 4.28. The van der Waals surface area contributed by atoms with Gasteiger partial charge >= 0.3 is 6.09 Å². The van der Waals surface area contributed by atoms with Crippen molar-refractivity contribution in [2.45, 2.75) is 76.7 Å². The monoisotopic (exact) mass is 403 g/mol. The first-order valence-electron chi connectivity index (χ1n) is 10.0. The molecule has 3 heterocycles. The Morgan fingerprint density at radius 3 is 2.62 bits per heavy atom. The molecule has 158 valence electrons. The predicted octanol–water partition coefficient (Wildman–Crippen LogP) is 3.13. The van der Waals surface area contributed by atoms with Crippen molar-refractivity contribution >= 4 is 17.1 Å². The molecule has 2 fully saturated rings. The zero-order valence-corrected chi connectivity index (χ0v) is 17.5. The van der Waals surface area contributed by atoms with E-state index in [2.05, 4.69) is 4.98 Å². The van der Waals surface area contributed by atoms with Gasteiger partial charge in [-0.05, 0) is 53.2 Å². The van der Waals surface area contributed by atoms with Crippen LogP contribution in [0.1, 0.15) is 52.9 Å². The number of nitrogens with zero attached hydrogens (tertiary/aromatic N) is 2. The zero-order valence-electron chi connectivity index (χ0n) is 17.5. The van der Waals surface area contributed by atoms with E-state index in [1.54, 1.807) is 4.90 Å². The molecule has 8 nitrogen and oxygen atoms in total. The van der Waals surface area contributed by atoms with Gasteiger partial charge in [-0.2, -0.15) is 0 Å². The molecule has 4 atom stereocenters. The van der Waals surface area contributed by atoms with Crippen LogP contribution < -0.4 is 0 Å². The number of hydrogen-bond acceptors (Lipinski definition) is 6. The van der Waals surface area contributed by atoms with Crippen LogP contribution in [-0.4, -0.2) is 62.3 Å². The van der Waals surface area contributed by atoms with Gasteiger partial charge < -0.3 is 24.3 Å². The Hall–Kier alpha value is -2.16. The average molecular weight is 403 g/mol. The Bertz CT molecular complexity index is 870. The van der Waals surface area contributed by atoms with Crippen LogP contribution in [0.2, 0.25) is 0 Å². The SMILES string of the molecule is CC(C)(C)OC(=O)N1[C@@H](CCO)[C@H]2OC(C)(C)O[C@H]2[C@@H]1c1nc2ccccc2[nH]1. The van der Waals surface area contributed by atoms with Gasteiger partial charge in [-0.3, -0.25) is 4.90 Å². The first kappa shape index (κ1) is 20.1. The summed E-state index contributed by atoms with van der Waals surface area (Å²) >= 11 is 0. The molecular formula is C21H29N3O5. The lowest BCUT2D eigenvalue weighted by molar-refractivity contribution is -0.168. The topological polar surface area (TPSA) is 96.9 Å². The number of imidazole rings is 1. The summed E-state index contributed by atoms with van der Waals surface area (Å²) in [4.78, 5) is 22.9. The number of carbonyl (C=O) groups is 1. The lowest BCUT2D eigenvalue weighted by atomic mass is 10.1. The Morgan fingerprint density at radius 2 is 1.97 bits per heavy atom. The third-order valence-electron chi connectivity index (χ3n) is 5.23. The van der Waals surface area contributed by atoms with E-state index in [0.29, 0.717) is 12.2 Å². The van der Waals surface area contributed by atoms with Crippen molar-refractivity contribution < 1.29 is 24.1 Å². The Kier molecular flexibility index (Phi) is 4.83. The highest BCUT2D eigenvalue weighted by Crippen LogP contribution is 2.48. The van der Waals surface area contributed by atoms with Crippen LogP contribution in [0.5, 0.6) is 0 Å². The van der Waals surface area contributed by atoms with Crippen LogP contribution in [0.3, 0.4) is 0 Å². The number of amides is 1. The van der Waals surface area contributed by atoms with Crippen molar-refractivity contribution in [2.75, 3.05) is 6.61 Å². The highest BCUT2D eigenvalue weighted by Gasteiger charge is 2.60. The van der Waals surface area contributed by atoms with Gasteiger partial charge in [0.05, 0.1) is 17.1 Å². The van der Waals surface area contributed by atoms with Crippen LogP contribution in [0, 0.1) is 0 Å². The van der Waals surface area contributed by atoms with Crippen molar-refractivity contribution in [2.24, 2.45) is 0 Å². The molecule has 0 bridgehead atoms. The second-order valence-electron chi connectivity index (χ2n) is 9.12. The molecule has 1 aromatic heterocycles. The fourth-order valence-electron chi connectivity index (χ4n) is 4.28. The van der Waals surface area contributed by atoms with Gasteiger partial charge in [0, 0.05) is 6.61 Å². The number of hydrogen-bond donors (Lipinski definition) is 2. The molecule has 4 rings (SSSR count). The van der Waals surface area contributed by atoms with Gasteiger partial charge in [0.15, 0.2) is 5.79 Å². The van der Waals surface area contributed by atoms with Crippen LogP contribution in [-0.2, 0) is 14.2 Å². The molecule has 8 heteroatoms. The second-order valence-corrected chi connectivity index (χ2v) is 9.12. The van der Waals surface area contributed by atoms with Gasteiger partial charge in [-0.25, -0.2) is 9.78 Å². The minimum atomic E-state index is -0.784. The third-order valence-corrected chi connectivity index (χ3v) is 5.23. The van der Waals surface area contributed by atoms with E-state index >= 15 is 0 Å². The number of nitrogens with one attached hydrogen (secondary N) is 1. The molecule has 0 saturated carbocycles. The Balaban J connectivity index is 1.79. The van der Waals surface area contributed by atoms with E-state index in [-0.39, 0.29) is 18.8 Å². The highest BCUT2D eigenvalue weighted by atomic mass is 16.8. The standard InChI is InChI=1S/C21H29N3O5/c1-20(2,3)29-19(26)24-14(10-11-25)16-17(28-21(4,5)27-16)15(24)18-22-12-8-6-7-9-13(12)23-18/h6-9,14-17,25H,10-11H2,1-5H3,(H,22,23)/t14-,15+,16+,17-/m0/s1. The number of para-hydroxylation sites is 2. The maximum atomic E-state index is 13.2. The molecule has 0 spiro atoms. The molecule has 0 unspecified atom stereocenters. The van der Waals surface area contributed by atoms with Gasteiger partial charge in [-0.1, -0.05) is 12.1 Å². The summed E-state index contributed by atoms with van der Waals surface area (Å²) in [5, 5.41) is 9.68. The van der Waals surface area contributed by atoms with Gasteiger partial charge in [0.1, 0.15) is 29.7 Å². The van der Waals surface area contributed by atoms with E-state index in [9.17, 15) is 9.90 Å². The van der Waals surface area contributed by atoms with E-state index in [0.717, 1.165) is 11.0 Å². The summed E-state index contributed by atoms with van der Waals surface area (Å²) < 4.78 is 18.1. The molecular weight excluding hydrogens is 374 g/mol. The average Bonchev–Trinajstić information content (AvgIpc) is 3.23. The van der Waals surface area contributed by atoms with Gasteiger partial charge in [0.2, 0.25) is 0 Å². The van der Waals surface area contributed by atoms with Crippen LogP contribution in [0.25, 0.3) is 11.0 Å². The molecule has 0 aliphatic carbocycles. The third kappa shape index (κ3) is 3.72. The van der Waals surface area contributed by atoms with E-state index in [4.69, 9.17) is 19.2 Å². The van der Waals surface area contributed by atoms with Gasteiger partial charge in [-0.15, -0.1) is 0 Å². The summed E-state index contributed by atoms with van der Waals surface area (Å²) in [6.07, 6.45) is -0.922. The smallest absolute Gasteiger partial charge is 0.411 e. The van der Waals surface area contributed by atoms with Crippen molar-refractivity contribution in [1.82, 2.24) is 14.9 Å². The number of H-pyrrole nitrogens is 1. The minimum absolute atomic E-state index is 0.0795. The summed E-state index contributed by atoms with van der Waals surface area (Å²) in [5.41, 5.74) is 1.04. The quantitative estimate of drug-likeness (QED) is 0.817. The highest BCUT2D eigenvalue weighted by molar-refractivity contribution is 5.75. The molecule has 2 N–H and O–H groups in total. The zero-order chi connectivity index (χ0) is 21.0. The van der Waals surface area contributed by atoms with E-state index in [1.807, 2.05) is 58.9 Å². The molecule has 29 heavy (non-hydrogen) atoms. The first-order chi connectivity index (χ1) is 13.6. The number of ether oxygens (including phenoxy) is 3. The van der Waals surface area contributed by atoms with Crippen molar-refractivity contribution in [1.29, 1.82) is 0 Å². The maximum absolute atomic E-state index is 13.2. The normalized spacial score (nSPS) is 28.7. The lowest BCUT2D eigenvalue weighted by Gasteiger charge is -2.34. The number of aliphatic hydroxyl groups excluding tert-OH is 1. The number of aromatic amines is 1. The molecule has 0 radical (unpaired) electrons. The molecule has 2 aromatic rings. The summed E-state index contributed by atoms with van der Waals surface area (Å²) in [6.45, 7) is 9.12. The summed E-state index contributed by atoms with van der Waals surface area (Å²) in [5.74, 6) is -0.165. The lowest BCUT2D eigenvalue weighted by Crippen LogP contribution is -2.46. The number of aliphatic hydroxyl groups is 1. The number of likely N-dealkylation sites (tertiary alicyclic amines) is 1. The van der Waals surface area contributed by atoms with E-state index in [1.165, 1.54) is 0 Å². The molecule has 2 aliphatic rings. The Morgan fingerprint density at radius 1 is 1.28 bits per heavy atom. The molecule has 1 amide bonds. The molecule has 1 aromatic carbocycles. The van der Waals surface area contributed by atoms with Crippen molar-refractivity contribution in [3.63, 3.8) is 0 Å². The number of rotatable bonds is 3. The number of carbonyl (C=O) groups excluding carboxylic acids is 1. The summed E-state index contributed by atoms with van der Waals surface area (Å²) in [6, 6.07) is 6.81. The molecule has 2 saturated heterocycles. The predicted molar refractivity (Wildman–Crippen MR) is 106 cm³/mol. The van der Waals surface area contributed by atoms with E-state index < -0.39 is 29.6 Å². The molecule has 2 aliphatic heterocycles. The van der Waals surface area contributed by atoms with Crippen LogP contribution >= 0.6 is 0 Å². The Labute approximate surface area is 170 Å². The van der Waals surface area contributed by atoms with Crippen LogP contribution in [0.4, 0.5) is 4.79 Å². The second kappa shape index (κ2) is 6.97. The van der Waals surface area contributed by atoms with Crippen molar-refractivity contribution in [3.8, 4) is 0 Å². The largest absolute Gasteiger partial charge is 0.444 e. The first-order valence-corrected chi connectivity index (χ1v) is 10.0. The number of aromatic nitrogens is 2.